The minimum absolute atomic E-state index is 0.0711. The third-order valence-electron chi connectivity index (χ3n) is 3.64. The van der Waals surface area contributed by atoms with Crippen LogP contribution in [0.4, 0.5) is 0 Å². The first-order valence-electron chi connectivity index (χ1n) is 5.90. The number of aliphatic hydroxyl groups excluding tert-OH is 2. The molecule has 0 spiro atoms. The van der Waals surface area contributed by atoms with Gasteiger partial charge < -0.3 is 15.1 Å². The number of aliphatic hydroxyl groups is 2. The summed E-state index contributed by atoms with van der Waals surface area (Å²) in [5.74, 6) is -0.0711. The van der Waals surface area contributed by atoms with Crippen molar-refractivity contribution in [3.63, 3.8) is 0 Å². The fourth-order valence-corrected chi connectivity index (χ4v) is 2.91. The number of hydrogen-bond acceptors (Lipinski definition) is 3. The number of amides is 1. The van der Waals surface area contributed by atoms with Crippen LogP contribution in [0.1, 0.15) is 23.6 Å². The highest BCUT2D eigenvalue weighted by Gasteiger charge is 2.41. The molecule has 4 nitrogen and oxygen atoms in total. The second-order valence-corrected chi connectivity index (χ2v) is 4.82. The van der Waals surface area contributed by atoms with Crippen LogP contribution in [0.3, 0.4) is 0 Å². The molecule has 90 valence electrons. The molecule has 1 aliphatic carbocycles. The number of hydrogen-bond donors (Lipinski definition) is 2. The van der Waals surface area contributed by atoms with Crippen LogP contribution in [0.5, 0.6) is 0 Å². The molecule has 1 fully saturated rings. The molecule has 0 saturated carbocycles. The van der Waals surface area contributed by atoms with Crippen molar-refractivity contribution in [1.82, 2.24) is 4.90 Å². The summed E-state index contributed by atoms with van der Waals surface area (Å²) in [6, 6.07) is 7.51. The van der Waals surface area contributed by atoms with Crippen LogP contribution in [0.25, 0.3) is 0 Å². The molecule has 2 N–H and O–H groups in total. The molecule has 3 rings (SSSR count). The Kier molecular flexibility index (Phi) is 2.42. The lowest BCUT2D eigenvalue weighted by Gasteiger charge is -2.27. The SMILES string of the molecule is O=C1CC(O)CN1[C@@H]1c2ccccc2C[C@@H]1O. The number of likely N-dealkylation sites (tertiary alicyclic amines) is 1. The van der Waals surface area contributed by atoms with Crippen molar-refractivity contribution < 1.29 is 15.0 Å². The molecule has 0 radical (unpaired) electrons. The van der Waals surface area contributed by atoms with E-state index in [1.165, 1.54) is 0 Å². The van der Waals surface area contributed by atoms with Gasteiger partial charge in [0.1, 0.15) is 0 Å². The zero-order chi connectivity index (χ0) is 12.0. The third-order valence-corrected chi connectivity index (χ3v) is 3.64. The van der Waals surface area contributed by atoms with E-state index in [-0.39, 0.29) is 18.4 Å². The number of nitrogens with zero attached hydrogens (tertiary/aromatic N) is 1. The summed E-state index contributed by atoms with van der Waals surface area (Å²) in [6.45, 7) is 0.328. The molecule has 1 heterocycles. The molecule has 1 aliphatic heterocycles. The molecule has 3 atom stereocenters. The van der Waals surface area contributed by atoms with E-state index in [0.29, 0.717) is 13.0 Å². The largest absolute Gasteiger partial charge is 0.391 e. The maximum absolute atomic E-state index is 11.8. The number of benzene rings is 1. The van der Waals surface area contributed by atoms with Gasteiger partial charge in [0.2, 0.25) is 5.91 Å². The fraction of sp³-hybridized carbons (Fsp3) is 0.462. The second-order valence-electron chi connectivity index (χ2n) is 4.82. The Morgan fingerprint density at radius 2 is 1.94 bits per heavy atom. The number of β-amino-alcohol motifs (C(OH)–C–C–N with tert-alkyl or cyclic N) is 1. The lowest BCUT2D eigenvalue weighted by atomic mass is 10.1. The van der Waals surface area contributed by atoms with Gasteiger partial charge in [-0.1, -0.05) is 24.3 Å². The first-order valence-corrected chi connectivity index (χ1v) is 5.90. The first kappa shape index (κ1) is 10.7. The van der Waals surface area contributed by atoms with Gasteiger partial charge in [-0.15, -0.1) is 0 Å². The Morgan fingerprint density at radius 1 is 1.18 bits per heavy atom. The standard InChI is InChI=1S/C13H15NO3/c15-9-6-12(17)14(7-9)13-10-4-2-1-3-8(10)5-11(13)16/h1-4,9,11,13,15-16H,5-7H2/t9?,11-,13+/m0/s1. The zero-order valence-corrected chi connectivity index (χ0v) is 9.41. The van der Waals surface area contributed by atoms with Crippen molar-refractivity contribution in [2.24, 2.45) is 0 Å². The highest BCUT2D eigenvalue weighted by Crippen LogP contribution is 2.37. The summed E-state index contributed by atoms with van der Waals surface area (Å²) in [5.41, 5.74) is 2.11. The Morgan fingerprint density at radius 3 is 2.65 bits per heavy atom. The normalized spacial score (nSPS) is 32.0. The number of fused-ring (bicyclic) bond motifs is 1. The number of carbonyl (C=O) groups is 1. The third kappa shape index (κ3) is 1.64. The van der Waals surface area contributed by atoms with Gasteiger partial charge in [0.05, 0.1) is 24.7 Å². The van der Waals surface area contributed by atoms with Crippen LogP contribution in [-0.2, 0) is 11.2 Å². The molecule has 0 aromatic heterocycles. The minimum atomic E-state index is -0.595. The number of carbonyl (C=O) groups excluding carboxylic acids is 1. The van der Waals surface area contributed by atoms with E-state index in [4.69, 9.17) is 0 Å². The summed E-state index contributed by atoms with van der Waals surface area (Å²) in [7, 11) is 0. The zero-order valence-electron chi connectivity index (χ0n) is 9.41. The molecule has 2 aliphatic rings. The lowest BCUT2D eigenvalue weighted by molar-refractivity contribution is -0.131. The smallest absolute Gasteiger partial charge is 0.225 e. The molecule has 17 heavy (non-hydrogen) atoms. The van der Waals surface area contributed by atoms with Gasteiger partial charge in [-0.05, 0) is 11.1 Å². The summed E-state index contributed by atoms with van der Waals surface area (Å²) in [5, 5.41) is 19.6. The van der Waals surface area contributed by atoms with Crippen molar-refractivity contribution in [3.8, 4) is 0 Å². The van der Waals surface area contributed by atoms with Gasteiger partial charge in [-0.25, -0.2) is 0 Å². The predicted octanol–water partition coefficient (Wildman–Crippen LogP) is 0.238. The fourth-order valence-electron chi connectivity index (χ4n) is 2.91. The van der Waals surface area contributed by atoms with Crippen molar-refractivity contribution in [2.75, 3.05) is 6.54 Å². The quantitative estimate of drug-likeness (QED) is 0.730. The van der Waals surface area contributed by atoms with Gasteiger partial charge in [-0.2, -0.15) is 0 Å². The molecular weight excluding hydrogens is 218 g/mol. The molecule has 4 heteroatoms. The van der Waals surface area contributed by atoms with Crippen molar-refractivity contribution in [1.29, 1.82) is 0 Å². The maximum atomic E-state index is 11.8. The highest BCUT2D eigenvalue weighted by molar-refractivity contribution is 5.79. The summed E-state index contributed by atoms with van der Waals surface area (Å²) < 4.78 is 0. The molecule has 1 aromatic rings. The molecule has 1 saturated heterocycles. The summed E-state index contributed by atoms with van der Waals surface area (Å²) in [6.07, 6.45) is -0.393. The van der Waals surface area contributed by atoms with Crippen LogP contribution in [-0.4, -0.2) is 39.8 Å². The van der Waals surface area contributed by atoms with Crippen LogP contribution >= 0.6 is 0 Å². The van der Waals surface area contributed by atoms with Crippen LogP contribution in [0, 0.1) is 0 Å². The second kappa shape index (κ2) is 3.82. The Bertz CT molecular complexity index is 460. The Labute approximate surface area is 99.5 Å². The van der Waals surface area contributed by atoms with Gasteiger partial charge >= 0.3 is 0 Å². The van der Waals surface area contributed by atoms with Gasteiger partial charge in [0, 0.05) is 13.0 Å². The van der Waals surface area contributed by atoms with Gasteiger partial charge in [-0.3, -0.25) is 4.79 Å². The molecular formula is C13H15NO3. The molecule has 1 aromatic carbocycles. The molecule has 1 amide bonds. The van der Waals surface area contributed by atoms with Crippen LogP contribution < -0.4 is 0 Å². The predicted molar refractivity (Wildman–Crippen MR) is 61.2 cm³/mol. The summed E-state index contributed by atoms with van der Waals surface area (Å²) in [4.78, 5) is 13.4. The average molecular weight is 233 g/mol. The molecule has 0 bridgehead atoms. The highest BCUT2D eigenvalue weighted by atomic mass is 16.3. The average Bonchev–Trinajstić information content (AvgIpc) is 2.77. The van der Waals surface area contributed by atoms with Crippen LogP contribution in [0.15, 0.2) is 24.3 Å². The Balaban J connectivity index is 1.96. The van der Waals surface area contributed by atoms with Gasteiger partial charge in [0.25, 0.3) is 0 Å². The van der Waals surface area contributed by atoms with E-state index >= 15 is 0 Å². The van der Waals surface area contributed by atoms with Gasteiger partial charge in [0.15, 0.2) is 0 Å². The van der Waals surface area contributed by atoms with Crippen LogP contribution in [0.2, 0.25) is 0 Å². The summed E-state index contributed by atoms with van der Waals surface area (Å²) >= 11 is 0. The minimum Gasteiger partial charge on any atom is -0.391 e. The number of rotatable bonds is 1. The maximum Gasteiger partial charge on any atom is 0.225 e. The van der Waals surface area contributed by atoms with E-state index in [0.717, 1.165) is 11.1 Å². The van der Waals surface area contributed by atoms with E-state index in [1.54, 1.807) is 4.90 Å². The molecule has 1 unspecified atom stereocenters. The monoisotopic (exact) mass is 233 g/mol. The first-order chi connectivity index (χ1) is 8.16. The Hall–Kier alpha value is -1.39. The van der Waals surface area contributed by atoms with E-state index in [9.17, 15) is 15.0 Å². The van der Waals surface area contributed by atoms with E-state index in [2.05, 4.69) is 0 Å². The van der Waals surface area contributed by atoms with Crippen molar-refractivity contribution >= 4 is 5.91 Å². The van der Waals surface area contributed by atoms with E-state index in [1.807, 2.05) is 24.3 Å². The van der Waals surface area contributed by atoms with Crippen molar-refractivity contribution in [3.05, 3.63) is 35.4 Å². The van der Waals surface area contributed by atoms with E-state index < -0.39 is 12.2 Å². The van der Waals surface area contributed by atoms with Crippen molar-refractivity contribution in [2.45, 2.75) is 31.1 Å². The topological polar surface area (TPSA) is 60.8 Å². The lowest BCUT2D eigenvalue weighted by Crippen LogP contribution is -2.35.